The maximum Gasteiger partial charge on any atom is 0.142 e. The molecule has 0 amide bonds. The summed E-state index contributed by atoms with van der Waals surface area (Å²) in [6.45, 7) is 3.76. The summed E-state index contributed by atoms with van der Waals surface area (Å²) < 4.78 is 28.9. The SMILES string of the molecule is C=CCCc1ccc(-c2ccc3c(F)c(-c4ccc(Cl)c(F)c4)ccc3c2)cc1. The van der Waals surface area contributed by atoms with E-state index in [2.05, 4.69) is 30.8 Å². The van der Waals surface area contributed by atoms with E-state index in [4.69, 9.17) is 11.6 Å². The number of aryl methyl sites for hydroxylation is 1. The minimum absolute atomic E-state index is 0.0232. The molecule has 0 radical (unpaired) electrons. The Morgan fingerprint density at radius 1 is 0.793 bits per heavy atom. The van der Waals surface area contributed by atoms with E-state index < -0.39 is 5.82 Å². The minimum atomic E-state index is -0.560. The Balaban J connectivity index is 1.70. The van der Waals surface area contributed by atoms with Crippen LogP contribution in [0.25, 0.3) is 33.0 Å². The first-order valence-electron chi connectivity index (χ1n) is 9.45. The fraction of sp³-hybridized carbons (Fsp3) is 0.0769. The van der Waals surface area contributed by atoms with Gasteiger partial charge in [0, 0.05) is 10.9 Å². The fourth-order valence-corrected chi connectivity index (χ4v) is 3.61. The first-order valence-corrected chi connectivity index (χ1v) is 9.82. The smallest absolute Gasteiger partial charge is 0.142 e. The second kappa shape index (κ2) is 8.18. The number of fused-ring (bicyclic) bond motifs is 1. The number of benzene rings is 4. The Hall–Kier alpha value is -2.97. The van der Waals surface area contributed by atoms with Crippen molar-refractivity contribution in [2.75, 3.05) is 0 Å². The van der Waals surface area contributed by atoms with Crippen molar-refractivity contribution in [3.05, 3.63) is 108 Å². The highest BCUT2D eigenvalue weighted by atomic mass is 35.5. The van der Waals surface area contributed by atoms with Crippen molar-refractivity contribution >= 4 is 22.4 Å². The average molecular weight is 405 g/mol. The van der Waals surface area contributed by atoms with Crippen molar-refractivity contribution in [3.63, 3.8) is 0 Å². The van der Waals surface area contributed by atoms with Crippen molar-refractivity contribution < 1.29 is 8.78 Å². The minimum Gasteiger partial charge on any atom is -0.206 e. The molecule has 0 spiro atoms. The van der Waals surface area contributed by atoms with Crippen LogP contribution in [0.3, 0.4) is 0 Å². The van der Waals surface area contributed by atoms with E-state index >= 15 is 4.39 Å². The fourth-order valence-electron chi connectivity index (χ4n) is 3.49. The lowest BCUT2D eigenvalue weighted by atomic mass is 9.96. The summed E-state index contributed by atoms with van der Waals surface area (Å²) in [5.74, 6) is -0.925. The van der Waals surface area contributed by atoms with E-state index in [0.717, 1.165) is 29.4 Å². The van der Waals surface area contributed by atoms with E-state index in [1.54, 1.807) is 18.2 Å². The monoisotopic (exact) mass is 404 g/mol. The van der Waals surface area contributed by atoms with Crippen LogP contribution in [-0.4, -0.2) is 0 Å². The Morgan fingerprint density at radius 3 is 2.24 bits per heavy atom. The van der Waals surface area contributed by atoms with E-state index in [1.165, 1.54) is 17.7 Å². The van der Waals surface area contributed by atoms with Crippen LogP contribution in [0, 0.1) is 11.6 Å². The molecule has 144 valence electrons. The van der Waals surface area contributed by atoms with Crippen LogP contribution in [-0.2, 0) is 6.42 Å². The highest BCUT2D eigenvalue weighted by Gasteiger charge is 2.12. The van der Waals surface area contributed by atoms with Gasteiger partial charge in [-0.3, -0.25) is 0 Å². The summed E-state index contributed by atoms with van der Waals surface area (Å²) in [7, 11) is 0. The molecule has 4 aromatic rings. The first kappa shape index (κ1) is 19.4. The topological polar surface area (TPSA) is 0 Å². The molecule has 0 saturated carbocycles. The highest BCUT2D eigenvalue weighted by molar-refractivity contribution is 6.30. The number of hydrogen-bond donors (Lipinski definition) is 0. The Bertz CT molecular complexity index is 1190. The summed E-state index contributed by atoms with van der Waals surface area (Å²) in [6.07, 6.45) is 3.84. The normalized spacial score (nSPS) is 11.0. The molecular formula is C26H19ClF2. The van der Waals surface area contributed by atoms with Crippen LogP contribution >= 0.6 is 11.6 Å². The van der Waals surface area contributed by atoms with Gasteiger partial charge in [0.25, 0.3) is 0 Å². The Morgan fingerprint density at radius 2 is 1.52 bits per heavy atom. The van der Waals surface area contributed by atoms with Crippen molar-refractivity contribution in [1.82, 2.24) is 0 Å². The molecule has 0 N–H and O–H groups in total. The van der Waals surface area contributed by atoms with Crippen LogP contribution in [0.1, 0.15) is 12.0 Å². The van der Waals surface area contributed by atoms with Crippen LogP contribution in [0.15, 0.2) is 85.5 Å². The van der Waals surface area contributed by atoms with Crippen molar-refractivity contribution in [2.45, 2.75) is 12.8 Å². The Kier molecular flexibility index (Phi) is 5.46. The number of halogens is 3. The van der Waals surface area contributed by atoms with Gasteiger partial charge in [-0.15, -0.1) is 6.58 Å². The van der Waals surface area contributed by atoms with E-state index in [9.17, 15) is 4.39 Å². The number of rotatable bonds is 5. The van der Waals surface area contributed by atoms with Gasteiger partial charge in [-0.2, -0.15) is 0 Å². The van der Waals surface area contributed by atoms with Crippen molar-refractivity contribution in [2.24, 2.45) is 0 Å². The molecule has 4 rings (SSSR count). The van der Waals surface area contributed by atoms with Gasteiger partial charge in [-0.05, 0) is 58.7 Å². The van der Waals surface area contributed by atoms with Gasteiger partial charge in [-0.25, -0.2) is 8.78 Å². The predicted molar refractivity (Wildman–Crippen MR) is 118 cm³/mol. The Labute approximate surface area is 174 Å². The molecule has 29 heavy (non-hydrogen) atoms. The molecule has 0 atom stereocenters. The molecule has 4 aromatic carbocycles. The van der Waals surface area contributed by atoms with Crippen molar-refractivity contribution in [3.8, 4) is 22.3 Å². The molecule has 0 unspecified atom stereocenters. The van der Waals surface area contributed by atoms with Crippen LogP contribution in [0.4, 0.5) is 8.78 Å². The standard InChI is InChI=1S/C26H19ClF2/c1-2-3-4-17-5-7-18(8-6-17)19-9-12-22-20(15-19)10-13-23(26(22)29)21-11-14-24(27)25(28)16-21/h2,5-16H,1,3-4H2. The summed E-state index contributed by atoms with van der Waals surface area (Å²) >= 11 is 5.74. The molecule has 0 heterocycles. The average Bonchev–Trinajstić information content (AvgIpc) is 2.75. The molecule has 0 aliphatic carbocycles. The van der Waals surface area contributed by atoms with Gasteiger partial charge in [0.05, 0.1) is 5.02 Å². The third kappa shape index (κ3) is 3.94. The molecule has 0 aromatic heterocycles. The van der Waals surface area contributed by atoms with Crippen molar-refractivity contribution in [1.29, 1.82) is 0 Å². The second-order valence-electron chi connectivity index (χ2n) is 7.02. The summed E-state index contributed by atoms with van der Waals surface area (Å²) in [6, 6.07) is 21.9. The molecule has 0 aliphatic rings. The maximum atomic E-state index is 15.1. The van der Waals surface area contributed by atoms with Gasteiger partial charge in [0.1, 0.15) is 11.6 Å². The zero-order valence-corrected chi connectivity index (χ0v) is 16.5. The maximum absolute atomic E-state index is 15.1. The summed E-state index contributed by atoms with van der Waals surface area (Å²) in [5.41, 5.74) is 4.19. The van der Waals surface area contributed by atoms with Gasteiger partial charge in [0.2, 0.25) is 0 Å². The lowest BCUT2D eigenvalue weighted by Gasteiger charge is -2.10. The molecule has 0 nitrogen and oxygen atoms in total. The van der Waals surface area contributed by atoms with Gasteiger partial charge in [0.15, 0.2) is 0 Å². The lowest BCUT2D eigenvalue weighted by molar-refractivity contribution is 0.627. The molecule has 3 heteroatoms. The van der Waals surface area contributed by atoms with E-state index in [1.807, 2.05) is 24.3 Å². The van der Waals surface area contributed by atoms with Gasteiger partial charge < -0.3 is 0 Å². The second-order valence-corrected chi connectivity index (χ2v) is 7.42. The quantitative estimate of drug-likeness (QED) is 0.294. The molecular weight excluding hydrogens is 386 g/mol. The lowest BCUT2D eigenvalue weighted by Crippen LogP contribution is -1.89. The van der Waals surface area contributed by atoms with Crippen LogP contribution in [0.2, 0.25) is 5.02 Å². The third-order valence-electron chi connectivity index (χ3n) is 5.11. The zero-order chi connectivity index (χ0) is 20.4. The molecule has 0 fully saturated rings. The molecule has 0 bridgehead atoms. The van der Waals surface area contributed by atoms with Gasteiger partial charge >= 0.3 is 0 Å². The highest BCUT2D eigenvalue weighted by Crippen LogP contribution is 2.33. The molecule has 0 saturated heterocycles. The summed E-state index contributed by atoms with van der Waals surface area (Å²) in [4.78, 5) is 0. The predicted octanol–water partition coefficient (Wildman–Crippen LogP) is 8.22. The largest absolute Gasteiger partial charge is 0.206 e. The number of hydrogen-bond acceptors (Lipinski definition) is 0. The van der Waals surface area contributed by atoms with Crippen LogP contribution < -0.4 is 0 Å². The summed E-state index contributed by atoms with van der Waals surface area (Å²) in [5, 5.41) is 1.33. The molecule has 0 aliphatic heterocycles. The van der Waals surface area contributed by atoms with E-state index in [0.29, 0.717) is 16.5 Å². The third-order valence-corrected chi connectivity index (χ3v) is 5.42. The first-order chi connectivity index (χ1) is 14.1. The van der Waals surface area contributed by atoms with Gasteiger partial charge in [-0.1, -0.05) is 72.3 Å². The van der Waals surface area contributed by atoms with Crippen LogP contribution in [0.5, 0.6) is 0 Å². The number of allylic oxidation sites excluding steroid dienone is 1. The zero-order valence-electron chi connectivity index (χ0n) is 15.8. The van der Waals surface area contributed by atoms with E-state index in [-0.39, 0.29) is 10.8 Å².